The molecular formula is C15H18O2. The maximum atomic E-state index is 12.1. The summed E-state index contributed by atoms with van der Waals surface area (Å²) in [4.78, 5) is 12.1. The predicted octanol–water partition coefficient (Wildman–Crippen LogP) is 2.81. The van der Waals surface area contributed by atoms with E-state index in [0.29, 0.717) is 18.3 Å². The van der Waals surface area contributed by atoms with Gasteiger partial charge in [-0.2, -0.15) is 0 Å². The molecule has 1 aromatic carbocycles. The van der Waals surface area contributed by atoms with Crippen LogP contribution in [0.2, 0.25) is 0 Å². The van der Waals surface area contributed by atoms with Crippen LogP contribution in [-0.2, 0) is 0 Å². The average molecular weight is 230 g/mol. The van der Waals surface area contributed by atoms with Gasteiger partial charge in [-0.15, -0.1) is 0 Å². The van der Waals surface area contributed by atoms with Gasteiger partial charge in [0, 0.05) is 12.0 Å². The van der Waals surface area contributed by atoms with E-state index in [1.807, 2.05) is 30.3 Å². The normalized spacial score (nSPS) is 35.1. The van der Waals surface area contributed by atoms with Gasteiger partial charge >= 0.3 is 0 Å². The summed E-state index contributed by atoms with van der Waals surface area (Å²) in [5.41, 5.74) is 0.0493. The largest absolute Gasteiger partial charge is 0.389 e. The number of fused-ring (bicyclic) bond motifs is 1. The number of Topliss-reactive ketones (excluding diaryl/α,β-unsaturated/α-hetero) is 1. The highest BCUT2D eigenvalue weighted by atomic mass is 16.3. The number of rotatable bonds is 3. The zero-order valence-electron chi connectivity index (χ0n) is 9.93. The van der Waals surface area contributed by atoms with Gasteiger partial charge in [0.2, 0.25) is 0 Å². The van der Waals surface area contributed by atoms with E-state index in [4.69, 9.17) is 0 Å². The fourth-order valence-electron chi connectivity index (χ4n) is 3.46. The molecule has 2 aliphatic carbocycles. The molecule has 17 heavy (non-hydrogen) atoms. The summed E-state index contributed by atoms with van der Waals surface area (Å²) in [6, 6.07) is 9.31. The SMILES string of the molecule is O=C(CC1(O)C2CCCCC21)c1ccccc1. The molecule has 2 fully saturated rings. The molecule has 0 saturated heterocycles. The maximum Gasteiger partial charge on any atom is 0.165 e. The van der Waals surface area contributed by atoms with E-state index < -0.39 is 5.60 Å². The summed E-state index contributed by atoms with van der Waals surface area (Å²) in [6.07, 6.45) is 4.94. The van der Waals surface area contributed by atoms with Crippen LogP contribution in [0.15, 0.2) is 30.3 Å². The number of hydrogen-bond donors (Lipinski definition) is 1. The van der Waals surface area contributed by atoms with Gasteiger partial charge in [0.05, 0.1) is 5.60 Å². The highest BCUT2D eigenvalue weighted by molar-refractivity contribution is 5.97. The summed E-state index contributed by atoms with van der Waals surface area (Å²) in [5.74, 6) is 0.871. The summed E-state index contributed by atoms with van der Waals surface area (Å²) in [5, 5.41) is 10.5. The predicted molar refractivity (Wildman–Crippen MR) is 65.8 cm³/mol. The van der Waals surface area contributed by atoms with Crippen LogP contribution in [0.5, 0.6) is 0 Å². The number of carbonyl (C=O) groups is 1. The molecule has 0 amide bonds. The van der Waals surface area contributed by atoms with Crippen LogP contribution in [0.25, 0.3) is 0 Å². The number of ketones is 1. The lowest BCUT2D eigenvalue weighted by atomic mass is 10.0. The van der Waals surface area contributed by atoms with Gasteiger partial charge in [0.25, 0.3) is 0 Å². The van der Waals surface area contributed by atoms with Crippen molar-refractivity contribution < 1.29 is 9.90 Å². The fraction of sp³-hybridized carbons (Fsp3) is 0.533. The van der Waals surface area contributed by atoms with Crippen LogP contribution in [0.3, 0.4) is 0 Å². The molecule has 1 aromatic rings. The monoisotopic (exact) mass is 230 g/mol. The van der Waals surface area contributed by atoms with E-state index in [2.05, 4.69) is 0 Å². The highest BCUT2D eigenvalue weighted by Gasteiger charge is 2.64. The quantitative estimate of drug-likeness (QED) is 0.811. The molecule has 2 saturated carbocycles. The Kier molecular flexibility index (Phi) is 2.55. The Morgan fingerprint density at radius 3 is 2.35 bits per heavy atom. The Morgan fingerprint density at radius 1 is 1.18 bits per heavy atom. The Bertz CT molecular complexity index is 412. The van der Waals surface area contributed by atoms with Crippen LogP contribution in [-0.4, -0.2) is 16.5 Å². The van der Waals surface area contributed by atoms with E-state index in [9.17, 15) is 9.90 Å². The molecule has 0 aromatic heterocycles. The standard InChI is InChI=1S/C15H18O2/c16-14(11-6-2-1-3-7-11)10-15(17)12-8-4-5-9-13(12)15/h1-3,6-7,12-13,17H,4-5,8-10H2. The van der Waals surface area contributed by atoms with Crippen molar-refractivity contribution in [3.63, 3.8) is 0 Å². The van der Waals surface area contributed by atoms with E-state index in [0.717, 1.165) is 18.4 Å². The van der Waals surface area contributed by atoms with Crippen molar-refractivity contribution in [2.24, 2.45) is 11.8 Å². The molecule has 2 nitrogen and oxygen atoms in total. The fourth-order valence-corrected chi connectivity index (χ4v) is 3.46. The Balaban J connectivity index is 1.70. The third-order valence-corrected chi connectivity index (χ3v) is 4.48. The van der Waals surface area contributed by atoms with Crippen LogP contribution >= 0.6 is 0 Å². The summed E-state index contributed by atoms with van der Waals surface area (Å²) < 4.78 is 0. The molecule has 0 aliphatic heterocycles. The van der Waals surface area contributed by atoms with Crippen molar-refractivity contribution in [1.29, 1.82) is 0 Å². The number of hydrogen-bond acceptors (Lipinski definition) is 2. The highest BCUT2D eigenvalue weighted by Crippen LogP contribution is 2.60. The van der Waals surface area contributed by atoms with Crippen LogP contribution in [0, 0.1) is 11.8 Å². The molecule has 2 unspecified atom stereocenters. The third-order valence-electron chi connectivity index (χ3n) is 4.48. The minimum Gasteiger partial charge on any atom is -0.389 e. The van der Waals surface area contributed by atoms with Crippen LogP contribution in [0.4, 0.5) is 0 Å². The molecule has 2 atom stereocenters. The van der Waals surface area contributed by atoms with Gasteiger partial charge in [-0.1, -0.05) is 43.2 Å². The Hall–Kier alpha value is -1.15. The van der Waals surface area contributed by atoms with Crippen molar-refractivity contribution in [3.8, 4) is 0 Å². The zero-order chi connectivity index (χ0) is 11.9. The van der Waals surface area contributed by atoms with Crippen molar-refractivity contribution in [3.05, 3.63) is 35.9 Å². The molecule has 90 valence electrons. The van der Waals surface area contributed by atoms with Crippen molar-refractivity contribution in [1.82, 2.24) is 0 Å². The topological polar surface area (TPSA) is 37.3 Å². The maximum absolute atomic E-state index is 12.1. The first-order valence-corrected chi connectivity index (χ1v) is 6.52. The van der Waals surface area contributed by atoms with E-state index >= 15 is 0 Å². The van der Waals surface area contributed by atoms with Crippen molar-refractivity contribution >= 4 is 5.78 Å². The molecule has 1 N–H and O–H groups in total. The van der Waals surface area contributed by atoms with Gasteiger partial charge in [0.15, 0.2) is 5.78 Å². The second-order valence-electron chi connectivity index (χ2n) is 5.45. The first-order valence-electron chi connectivity index (χ1n) is 6.52. The van der Waals surface area contributed by atoms with Crippen LogP contribution < -0.4 is 0 Å². The van der Waals surface area contributed by atoms with E-state index in [-0.39, 0.29) is 5.78 Å². The second kappa shape index (κ2) is 3.95. The van der Waals surface area contributed by atoms with Gasteiger partial charge in [-0.3, -0.25) is 4.79 Å². The number of aliphatic hydroxyl groups is 1. The van der Waals surface area contributed by atoms with Gasteiger partial charge in [-0.05, 0) is 24.7 Å². The van der Waals surface area contributed by atoms with Gasteiger partial charge < -0.3 is 5.11 Å². The summed E-state index contributed by atoms with van der Waals surface area (Å²) in [6.45, 7) is 0. The minimum absolute atomic E-state index is 0.0856. The molecule has 0 heterocycles. The Morgan fingerprint density at radius 2 is 1.76 bits per heavy atom. The number of benzene rings is 1. The van der Waals surface area contributed by atoms with Crippen LogP contribution in [0.1, 0.15) is 42.5 Å². The van der Waals surface area contributed by atoms with Gasteiger partial charge in [0.1, 0.15) is 0 Å². The smallest absolute Gasteiger partial charge is 0.165 e. The summed E-state index contributed by atoms with van der Waals surface area (Å²) >= 11 is 0. The van der Waals surface area contributed by atoms with Crippen molar-refractivity contribution in [2.75, 3.05) is 0 Å². The molecule has 0 spiro atoms. The molecule has 0 radical (unpaired) electrons. The zero-order valence-corrected chi connectivity index (χ0v) is 9.93. The third kappa shape index (κ3) is 1.81. The lowest BCUT2D eigenvalue weighted by molar-refractivity contribution is 0.0758. The molecular weight excluding hydrogens is 212 g/mol. The lowest BCUT2D eigenvalue weighted by Gasteiger charge is -2.09. The summed E-state index contributed by atoms with van der Waals surface area (Å²) in [7, 11) is 0. The van der Waals surface area contributed by atoms with E-state index in [1.54, 1.807) is 0 Å². The minimum atomic E-state index is -0.677. The molecule has 2 aliphatic rings. The molecule has 2 heteroatoms. The second-order valence-corrected chi connectivity index (χ2v) is 5.45. The Labute approximate surface area is 102 Å². The average Bonchev–Trinajstić information content (AvgIpc) is 2.96. The van der Waals surface area contributed by atoms with Gasteiger partial charge in [-0.25, -0.2) is 0 Å². The molecule has 3 rings (SSSR count). The first kappa shape index (κ1) is 11.0. The molecule has 0 bridgehead atoms. The lowest BCUT2D eigenvalue weighted by Crippen LogP contribution is -2.18. The first-order chi connectivity index (χ1) is 8.22. The number of carbonyl (C=O) groups excluding carboxylic acids is 1. The van der Waals surface area contributed by atoms with Crippen molar-refractivity contribution in [2.45, 2.75) is 37.7 Å². The van der Waals surface area contributed by atoms with E-state index in [1.165, 1.54) is 12.8 Å².